The van der Waals surface area contributed by atoms with Crippen molar-refractivity contribution < 1.29 is 22.7 Å². The molecule has 2 aromatic rings. The molecule has 0 aliphatic carbocycles. The Hall–Kier alpha value is -2.62. The first-order valence-electron chi connectivity index (χ1n) is 8.99. The van der Waals surface area contributed by atoms with E-state index in [4.69, 9.17) is 16.3 Å². The molecule has 0 aromatic heterocycles. The van der Waals surface area contributed by atoms with Crippen molar-refractivity contribution in [1.29, 1.82) is 0 Å². The molecule has 29 heavy (non-hydrogen) atoms. The molecule has 2 amide bonds. The van der Waals surface area contributed by atoms with Gasteiger partial charge in [0.25, 0.3) is 5.91 Å². The van der Waals surface area contributed by atoms with Crippen LogP contribution in [-0.4, -0.2) is 43.7 Å². The second kappa shape index (κ2) is 7.66. The lowest BCUT2D eigenvalue weighted by molar-refractivity contribution is -0.119. The van der Waals surface area contributed by atoms with Crippen LogP contribution in [0.3, 0.4) is 0 Å². The smallest absolute Gasteiger partial charge is 0.262 e. The van der Waals surface area contributed by atoms with Gasteiger partial charge in [0.15, 0.2) is 6.61 Å². The van der Waals surface area contributed by atoms with Gasteiger partial charge in [-0.25, -0.2) is 8.42 Å². The molecule has 152 valence electrons. The highest BCUT2D eigenvalue weighted by molar-refractivity contribution is 7.89. The average Bonchev–Trinajstić information content (AvgIpc) is 3.18. The van der Waals surface area contributed by atoms with Crippen molar-refractivity contribution >= 4 is 44.8 Å². The number of fused-ring (bicyclic) bond motifs is 1. The highest BCUT2D eigenvalue weighted by Gasteiger charge is 2.40. The van der Waals surface area contributed by atoms with Crippen molar-refractivity contribution in [2.45, 2.75) is 23.8 Å². The second-order valence-corrected chi connectivity index (χ2v) is 9.10. The zero-order valence-electron chi connectivity index (χ0n) is 15.2. The normalized spacial score (nSPS) is 19.2. The molecule has 2 heterocycles. The molecular formula is C19H18ClN3O5S. The molecule has 1 unspecified atom stereocenters. The van der Waals surface area contributed by atoms with Crippen molar-refractivity contribution in [1.82, 2.24) is 4.31 Å². The van der Waals surface area contributed by atoms with Crippen LogP contribution in [-0.2, 0) is 19.6 Å². The predicted octanol–water partition coefficient (Wildman–Crippen LogP) is 2.46. The Labute approximate surface area is 172 Å². The highest BCUT2D eigenvalue weighted by atomic mass is 35.5. The van der Waals surface area contributed by atoms with E-state index < -0.39 is 22.0 Å². The summed E-state index contributed by atoms with van der Waals surface area (Å²) in [5.41, 5.74) is 0.793. The first-order valence-corrected chi connectivity index (χ1v) is 10.8. The Morgan fingerprint density at radius 2 is 2.07 bits per heavy atom. The SMILES string of the molecule is O=C1COc2ccc(S(=O)(=O)N3CCCC3C(=O)Nc3cccc(Cl)c3)cc2N1. The number of amides is 2. The summed E-state index contributed by atoms with van der Waals surface area (Å²) < 4.78 is 32.9. The maximum absolute atomic E-state index is 13.2. The molecule has 1 saturated heterocycles. The van der Waals surface area contributed by atoms with E-state index in [-0.39, 0.29) is 24.0 Å². The van der Waals surface area contributed by atoms with Crippen molar-refractivity contribution in [3.8, 4) is 5.75 Å². The number of hydrogen-bond donors (Lipinski definition) is 2. The summed E-state index contributed by atoms with van der Waals surface area (Å²) in [6.07, 6.45) is 0.980. The lowest BCUT2D eigenvalue weighted by atomic mass is 10.2. The molecule has 0 spiro atoms. The Morgan fingerprint density at radius 3 is 2.86 bits per heavy atom. The minimum atomic E-state index is -3.94. The van der Waals surface area contributed by atoms with Gasteiger partial charge in [-0.1, -0.05) is 17.7 Å². The number of hydrogen-bond acceptors (Lipinski definition) is 5. The van der Waals surface area contributed by atoms with Crippen molar-refractivity contribution in [3.63, 3.8) is 0 Å². The number of sulfonamides is 1. The van der Waals surface area contributed by atoms with Gasteiger partial charge in [-0.05, 0) is 49.2 Å². The fourth-order valence-corrected chi connectivity index (χ4v) is 5.31. The van der Waals surface area contributed by atoms with Gasteiger partial charge in [0, 0.05) is 17.3 Å². The van der Waals surface area contributed by atoms with Crippen LogP contribution in [0.2, 0.25) is 5.02 Å². The first-order chi connectivity index (χ1) is 13.8. The number of anilines is 2. The van der Waals surface area contributed by atoms with E-state index in [0.29, 0.717) is 35.0 Å². The molecule has 1 atom stereocenters. The van der Waals surface area contributed by atoms with Gasteiger partial charge in [0.2, 0.25) is 15.9 Å². The Morgan fingerprint density at radius 1 is 1.24 bits per heavy atom. The van der Waals surface area contributed by atoms with Gasteiger partial charge in [-0.2, -0.15) is 4.31 Å². The van der Waals surface area contributed by atoms with Crippen LogP contribution in [0.5, 0.6) is 5.75 Å². The third-order valence-corrected chi connectivity index (χ3v) is 6.93. The molecule has 0 saturated carbocycles. The zero-order chi connectivity index (χ0) is 20.6. The van der Waals surface area contributed by atoms with E-state index >= 15 is 0 Å². The number of nitrogens with one attached hydrogen (secondary N) is 2. The average molecular weight is 436 g/mol. The molecule has 2 aliphatic rings. The monoisotopic (exact) mass is 435 g/mol. The molecule has 0 bridgehead atoms. The molecule has 10 heteroatoms. The minimum Gasteiger partial charge on any atom is -0.482 e. The number of carbonyl (C=O) groups excluding carboxylic acids is 2. The van der Waals surface area contributed by atoms with Gasteiger partial charge in [0.1, 0.15) is 11.8 Å². The molecule has 2 aromatic carbocycles. The molecular weight excluding hydrogens is 418 g/mol. The summed E-state index contributed by atoms with van der Waals surface area (Å²) in [5.74, 6) is -0.366. The maximum atomic E-state index is 13.2. The fourth-order valence-electron chi connectivity index (χ4n) is 3.44. The summed E-state index contributed by atoms with van der Waals surface area (Å²) in [5, 5.41) is 5.79. The van der Waals surface area contributed by atoms with Crippen LogP contribution < -0.4 is 15.4 Å². The van der Waals surface area contributed by atoms with Crippen molar-refractivity contribution in [2.75, 3.05) is 23.8 Å². The Bertz CT molecular complexity index is 1090. The summed E-state index contributed by atoms with van der Waals surface area (Å²) in [6, 6.07) is 10.1. The minimum absolute atomic E-state index is 0.00972. The number of carbonyl (C=O) groups is 2. The van der Waals surface area contributed by atoms with E-state index in [1.165, 1.54) is 22.5 Å². The lowest BCUT2D eigenvalue weighted by Crippen LogP contribution is -2.43. The summed E-state index contributed by atoms with van der Waals surface area (Å²) in [6.45, 7) is 0.118. The van der Waals surface area contributed by atoms with Crippen LogP contribution in [0.1, 0.15) is 12.8 Å². The first kappa shape index (κ1) is 19.7. The predicted molar refractivity (Wildman–Crippen MR) is 108 cm³/mol. The van der Waals surface area contributed by atoms with Crippen LogP contribution in [0.15, 0.2) is 47.4 Å². The van der Waals surface area contributed by atoms with E-state index in [2.05, 4.69) is 10.6 Å². The summed E-state index contributed by atoms with van der Waals surface area (Å²) >= 11 is 5.94. The third kappa shape index (κ3) is 3.93. The van der Waals surface area contributed by atoms with E-state index in [0.717, 1.165) is 0 Å². The van der Waals surface area contributed by atoms with Crippen molar-refractivity contribution in [3.05, 3.63) is 47.5 Å². The number of halogens is 1. The molecule has 1 fully saturated rings. The van der Waals surface area contributed by atoms with Gasteiger partial charge in [-0.15, -0.1) is 0 Å². The second-order valence-electron chi connectivity index (χ2n) is 6.77. The largest absolute Gasteiger partial charge is 0.482 e. The van der Waals surface area contributed by atoms with Gasteiger partial charge < -0.3 is 15.4 Å². The van der Waals surface area contributed by atoms with Crippen LogP contribution in [0.4, 0.5) is 11.4 Å². The Kier molecular flexibility index (Phi) is 5.20. The number of benzene rings is 2. The van der Waals surface area contributed by atoms with E-state index in [1.54, 1.807) is 24.3 Å². The number of nitrogens with zero attached hydrogens (tertiary/aromatic N) is 1. The van der Waals surface area contributed by atoms with E-state index in [1.807, 2.05) is 0 Å². The molecule has 2 aliphatic heterocycles. The quantitative estimate of drug-likeness (QED) is 0.767. The van der Waals surface area contributed by atoms with Crippen LogP contribution in [0, 0.1) is 0 Å². The van der Waals surface area contributed by atoms with Gasteiger partial charge in [-0.3, -0.25) is 9.59 Å². The fraction of sp³-hybridized carbons (Fsp3) is 0.263. The molecule has 2 N–H and O–H groups in total. The number of ether oxygens (including phenoxy) is 1. The Balaban J connectivity index is 1.58. The topological polar surface area (TPSA) is 105 Å². The summed E-state index contributed by atoms with van der Waals surface area (Å²) in [4.78, 5) is 24.3. The maximum Gasteiger partial charge on any atom is 0.262 e. The standard InChI is InChI=1S/C19H18ClN3O5S/c20-12-3-1-4-13(9-12)21-19(25)16-5-2-8-23(16)29(26,27)14-6-7-17-15(10-14)22-18(24)11-28-17/h1,3-4,6-7,9-10,16H,2,5,8,11H2,(H,21,25)(H,22,24). The molecule has 8 nitrogen and oxygen atoms in total. The van der Waals surface area contributed by atoms with Crippen LogP contribution in [0.25, 0.3) is 0 Å². The zero-order valence-corrected chi connectivity index (χ0v) is 16.8. The lowest BCUT2D eigenvalue weighted by Gasteiger charge is -2.24. The summed E-state index contributed by atoms with van der Waals surface area (Å²) in [7, 11) is -3.94. The van der Waals surface area contributed by atoms with Gasteiger partial charge >= 0.3 is 0 Å². The molecule has 4 rings (SSSR count). The molecule has 0 radical (unpaired) electrons. The highest BCUT2D eigenvalue weighted by Crippen LogP contribution is 2.33. The van der Waals surface area contributed by atoms with Crippen LogP contribution >= 0.6 is 11.6 Å². The third-order valence-electron chi connectivity index (χ3n) is 4.79. The van der Waals surface area contributed by atoms with E-state index in [9.17, 15) is 18.0 Å². The van der Waals surface area contributed by atoms with Gasteiger partial charge in [0.05, 0.1) is 10.6 Å². The number of rotatable bonds is 4. The van der Waals surface area contributed by atoms with Crippen molar-refractivity contribution in [2.24, 2.45) is 0 Å².